The smallest absolute Gasteiger partial charge is 0.168 e. The van der Waals surface area contributed by atoms with E-state index in [4.69, 9.17) is 5.73 Å². The van der Waals surface area contributed by atoms with Gasteiger partial charge in [0.2, 0.25) is 0 Å². The average Bonchev–Trinajstić information content (AvgIpc) is 2.65. The zero-order valence-electron chi connectivity index (χ0n) is 7.38. The van der Waals surface area contributed by atoms with Crippen LogP contribution in [0.1, 0.15) is 0 Å². The summed E-state index contributed by atoms with van der Waals surface area (Å²) in [7, 11) is 0. The maximum absolute atomic E-state index is 5.73. The minimum Gasteiger partial charge on any atom is -0.399 e. The second kappa shape index (κ2) is 2.45. The Morgan fingerprint density at radius 3 is 3.07 bits per heavy atom. The van der Waals surface area contributed by atoms with E-state index in [1.54, 1.807) is 6.33 Å². The fourth-order valence-corrected chi connectivity index (χ4v) is 1.62. The van der Waals surface area contributed by atoms with Crippen molar-refractivity contribution in [2.45, 2.75) is 0 Å². The third-order valence-electron chi connectivity index (χ3n) is 2.31. The lowest BCUT2D eigenvalue weighted by atomic mass is 10.1. The predicted octanol–water partition coefficient (Wildman–Crippen LogP) is 1.46. The Balaban J connectivity index is 2.60. The number of fused-ring (bicyclic) bond motifs is 3. The highest BCUT2D eigenvalue weighted by Crippen LogP contribution is 2.20. The lowest BCUT2D eigenvalue weighted by Crippen LogP contribution is -1.87. The van der Waals surface area contributed by atoms with E-state index in [0.29, 0.717) is 0 Å². The van der Waals surface area contributed by atoms with Crippen LogP contribution < -0.4 is 5.73 Å². The Morgan fingerprint density at radius 2 is 2.14 bits per heavy atom. The van der Waals surface area contributed by atoms with Crippen molar-refractivity contribution in [3.63, 3.8) is 0 Å². The quantitative estimate of drug-likeness (QED) is 0.538. The van der Waals surface area contributed by atoms with Crippen LogP contribution in [0, 0.1) is 0 Å². The molecule has 0 amide bonds. The van der Waals surface area contributed by atoms with Crippen LogP contribution in [0.25, 0.3) is 16.4 Å². The van der Waals surface area contributed by atoms with E-state index in [9.17, 15) is 0 Å². The molecular weight excluding hydrogens is 176 g/mol. The SMILES string of the molecule is Nc1ccc2ccn3cnnc3c2c1. The Bertz CT molecular complexity index is 612. The molecule has 0 saturated heterocycles. The summed E-state index contributed by atoms with van der Waals surface area (Å²) < 4.78 is 1.88. The van der Waals surface area contributed by atoms with Crippen LogP contribution in [0.3, 0.4) is 0 Å². The summed E-state index contributed by atoms with van der Waals surface area (Å²) in [6.07, 6.45) is 3.62. The van der Waals surface area contributed by atoms with E-state index in [0.717, 1.165) is 22.1 Å². The summed E-state index contributed by atoms with van der Waals surface area (Å²) >= 11 is 0. The molecule has 0 radical (unpaired) electrons. The molecule has 0 saturated carbocycles. The number of nitrogen functional groups attached to an aromatic ring is 1. The second-order valence-electron chi connectivity index (χ2n) is 3.22. The summed E-state index contributed by atoms with van der Waals surface area (Å²) in [4.78, 5) is 0. The average molecular weight is 184 g/mol. The lowest BCUT2D eigenvalue weighted by molar-refractivity contribution is 1.10. The minimum absolute atomic E-state index is 0.744. The molecular formula is C10H8N4. The molecule has 0 aliphatic carbocycles. The highest BCUT2D eigenvalue weighted by atomic mass is 15.2. The van der Waals surface area contributed by atoms with E-state index in [-0.39, 0.29) is 0 Å². The first-order valence-electron chi connectivity index (χ1n) is 4.32. The summed E-state index contributed by atoms with van der Waals surface area (Å²) in [5.74, 6) is 0. The molecule has 0 aliphatic heterocycles. The van der Waals surface area contributed by atoms with E-state index >= 15 is 0 Å². The molecule has 1 aromatic carbocycles. The van der Waals surface area contributed by atoms with Gasteiger partial charge in [-0.15, -0.1) is 10.2 Å². The number of aromatic nitrogens is 3. The van der Waals surface area contributed by atoms with Crippen LogP contribution in [-0.4, -0.2) is 14.6 Å². The van der Waals surface area contributed by atoms with Crippen LogP contribution in [0.2, 0.25) is 0 Å². The van der Waals surface area contributed by atoms with E-state index in [1.165, 1.54) is 0 Å². The Morgan fingerprint density at radius 1 is 1.21 bits per heavy atom. The molecule has 0 unspecified atom stereocenters. The lowest BCUT2D eigenvalue weighted by Gasteiger charge is -2.00. The number of rotatable bonds is 0. The van der Waals surface area contributed by atoms with Crippen LogP contribution in [0.5, 0.6) is 0 Å². The normalized spacial score (nSPS) is 11.1. The van der Waals surface area contributed by atoms with Crippen LogP contribution >= 0.6 is 0 Å². The number of anilines is 1. The third kappa shape index (κ3) is 0.877. The summed E-state index contributed by atoms with van der Waals surface area (Å²) in [5, 5.41) is 10.1. The summed E-state index contributed by atoms with van der Waals surface area (Å²) in [5.41, 5.74) is 7.31. The number of nitrogens with two attached hydrogens (primary N) is 1. The Hall–Kier alpha value is -2.10. The van der Waals surface area contributed by atoms with Crippen molar-refractivity contribution >= 4 is 22.1 Å². The Labute approximate surface area is 80.0 Å². The molecule has 0 aliphatic rings. The first kappa shape index (κ1) is 7.32. The van der Waals surface area contributed by atoms with Crippen molar-refractivity contribution in [3.8, 4) is 0 Å². The molecule has 3 aromatic rings. The molecule has 2 heterocycles. The van der Waals surface area contributed by atoms with Crippen molar-refractivity contribution in [2.75, 3.05) is 5.73 Å². The van der Waals surface area contributed by atoms with Crippen molar-refractivity contribution in [2.24, 2.45) is 0 Å². The summed E-state index contributed by atoms with van der Waals surface area (Å²) in [6, 6.07) is 7.80. The first-order valence-corrected chi connectivity index (χ1v) is 4.32. The molecule has 14 heavy (non-hydrogen) atoms. The van der Waals surface area contributed by atoms with Gasteiger partial charge in [-0.3, -0.25) is 4.40 Å². The second-order valence-corrected chi connectivity index (χ2v) is 3.22. The fourth-order valence-electron chi connectivity index (χ4n) is 1.62. The maximum atomic E-state index is 5.73. The van der Waals surface area contributed by atoms with Gasteiger partial charge < -0.3 is 5.73 Å². The topological polar surface area (TPSA) is 56.2 Å². The molecule has 2 aromatic heterocycles. The van der Waals surface area contributed by atoms with Gasteiger partial charge in [0.1, 0.15) is 6.33 Å². The van der Waals surface area contributed by atoms with Gasteiger partial charge in [0.15, 0.2) is 5.65 Å². The van der Waals surface area contributed by atoms with Crippen LogP contribution in [-0.2, 0) is 0 Å². The molecule has 0 atom stereocenters. The van der Waals surface area contributed by atoms with Gasteiger partial charge in [-0.1, -0.05) is 6.07 Å². The molecule has 2 N–H and O–H groups in total. The molecule has 4 heteroatoms. The Kier molecular flexibility index (Phi) is 1.28. The maximum Gasteiger partial charge on any atom is 0.168 e. The molecule has 0 bridgehead atoms. The van der Waals surface area contributed by atoms with Gasteiger partial charge in [0.25, 0.3) is 0 Å². The highest BCUT2D eigenvalue weighted by Gasteiger charge is 2.01. The fraction of sp³-hybridized carbons (Fsp3) is 0. The first-order chi connectivity index (χ1) is 6.84. The largest absolute Gasteiger partial charge is 0.399 e. The molecule has 68 valence electrons. The van der Waals surface area contributed by atoms with Gasteiger partial charge >= 0.3 is 0 Å². The minimum atomic E-state index is 0.744. The predicted molar refractivity (Wildman–Crippen MR) is 54.9 cm³/mol. The van der Waals surface area contributed by atoms with Gasteiger partial charge in [-0.2, -0.15) is 0 Å². The number of hydrogen-bond donors (Lipinski definition) is 1. The van der Waals surface area contributed by atoms with E-state index < -0.39 is 0 Å². The molecule has 4 nitrogen and oxygen atoms in total. The number of benzene rings is 1. The van der Waals surface area contributed by atoms with Crippen molar-refractivity contribution in [1.82, 2.24) is 14.6 Å². The van der Waals surface area contributed by atoms with Crippen molar-refractivity contribution in [1.29, 1.82) is 0 Å². The van der Waals surface area contributed by atoms with Gasteiger partial charge in [0, 0.05) is 17.3 Å². The summed E-state index contributed by atoms with van der Waals surface area (Å²) in [6.45, 7) is 0. The number of pyridine rings is 1. The molecule has 0 spiro atoms. The molecule has 3 rings (SSSR count). The highest BCUT2D eigenvalue weighted by molar-refractivity contribution is 5.95. The van der Waals surface area contributed by atoms with Gasteiger partial charge in [-0.05, 0) is 23.6 Å². The van der Waals surface area contributed by atoms with E-state index in [2.05, 4.69) is 10.2 Å². The van der Waals surface area contributed by atoms with E-state index in [1.807, 2.05) is 34.9 Å². The molecule has 0 fully saturated rings. The zero-order chi connectivity index (χ0) is 9.54. The zero-order valence-corrected chi connectivity index (χ0v) is 7.38. The van der Waals surface area contributed by atoms with Crippen LogP contribution in [0.4, 0.5) is 5.69 Å². The third-order valence-corrected chi connectivity index (χ3v) is 2.31. The monoisotopic (exact) mass is 184 g/mol. The van der Waals surface area contributed by atoms with Gasteiger partial charge in [-0.25, -0.2) is 0 Å². The number of hydrogen-bond acceptors (Lipinski definition) is 3. The van der Waals surface area contributed by atoms with Gasteiger partial charge in [0.05, 0.1) is 0 Å². The van der Waals surface area contributed by atoms with Crippen molar-refractivity contribution < 1.29 is 0 Å². The van der Waals surface area contributed by atoms with Crippen molar-refractivity contribution in [3.05, 3.63) is 36.8 Å². The number of nitrogens with zero attached hydrogens (tertiary/aromatic N) is 3. The van der Waals surface area contributed by atoms with Crippen LogP contribution in [0.15, 0.2) is 36.8 Å². The standard InChI is InChI=1S/C10H8N4/c11-8-2-1-7-3-4-14-6-12-13-10(14)9(7)5-8/h1-6H,11H2.